The van der Waals surface area contributed by atoms with Gasteiger partial charge in [0.2, 0.25) is 0 Å². The van der Waals surface area contributed by atoms with Crippen LogP contribution in [0, 0.1) is 0 Å². The maximum Gasteiger partial charge on any atom is 0.416 e. The molecule has 0 N–H and O–H groups in total. The number of fused-ring (bicyclic) bond motifs is 16. The van der Waals surface area contributed by atoms with E-state index in [1.807, 2.05) is 58.9 Å². The van der Waals surface area contributed by atoms with Crippen LogP contribution in [-0.2, 0) is 22.4 Å². The fourth-order valence-corrected chi connectivity index (χ4v) is 14.5. The molecule has 9 aromatic carbocycles. The number of rotatable bonds is 3. The van der Waals surface area contributed by atoms with Crippen LogP contribution in [0.15, 0.2) is 194 Å². The Morgan fingerprint density at radius 1 is 0.466 bits per heavy atom. The lowest BCUT2D eigenvalue weighted by Crippen LogP contribution is -2.60. The zero-order chi connectivity index (χ0) is 49.9. The van der Waals surface area contributed by atoms with Crippen molar-refractivity contribution in [2.24, 2.45) is 0 Å². The van der Waals surface area contributed by atoms with E-state index in [-0.39, 0.29) is 6.71 Å². The molecule has 2 aliphatic heterocycles. The van der Waals surface area contributed by atoms with Gasteiger partial charge in [-0.05, 0) is 155 Å². The molecule has 4 aliphatic rings. The number of anilines is 6. The Kier molecular flexibility index (Phi) is 9.20. The number of alkyl halides is 3. The molecule has 2 nitrogen and oxygen atoms in total. The first-order chi connectivity index (χ1) is 35.1. The average molecular weight is 971 g/mol. The summed E-state index contributed by atoms with van der Waals surface area (Å²) in [5.41, 5.74) is 20.1. The van der Waals surface area contributed by atoms with Gasteiger partial charge in [0, 0.05) is 43.3 Å². The predicted molar refractivity (Wildman–Crippen MR) is 300 cm³/mol. The fourth-order valence-electron chi connectivity index (χ4n) is 13.2. The van der Waals surface area contributed by atoms with Gasteiger partial charge >= 0.3 is 6.18 Å². The van der Waals surface area contributed by atoms with E-state index in [2.05, 4.69) is 186 Å². The molecule has 0 radical (unpaired) electrons. The Hall–Kier alpha value is -7.61. The van der Waals surface area contributed by atoms with E-state index < -0.39 is 28.0 Å². The van der Waals surface area contributed by atoms with Crippen LogP contribution in [0.3, 0.4) is 0 Å². The first kappa shape index (κ1) is 44.1. The van der Waals surface area contributed by atoms with Crippen LogP contribution < -0.4 is 25.5 Å². The summed E-state index contributed by atoms with van der Waals surface area (Å²) in [6.07, 6.45) is -4.49. The van der Waals surface area contributed by atoms with Crippen LogP contribution in [0.5, 0.6) is 0 Å². The first-order valence-corrected chi connectivity index (χ1v) is 26.1. The Morgan fingerprint density at radius 3 is 1.52 bits per heavy atom. The standard InChI is InChI=1S/C66H50BF3N2S/c1-63(2,3)52-35-40(66(68,69)70)36-53(64(4,5)6)59(52)39-32-33-54-57(34-39)71(41-20-9-7-10-21-41)55-30-19-31-56-60(55)67(54)62-61(72(56)42-22-11-8-12-23-42)47-37-46-45-26-15-18-29-50(45)65(51(46)38-58(47)73-62)48-27-16-13-24-43(48)44-25-14-17-28-49(44)65/h7-38H,1-6H3. The van der Waals surface area contributed by atoms with E-state index in [9.17, 15) is 13.2 Å². The maximum absolute atomic E-state index is 14.8. The number of para-hydroxylation sites is 2. The number of halogens is 3. The van der Waals surface area contributed by atoms with Crippen molar-refractivity contribution in [3.63, 3.8) is 0 Å². The molecular formula is C66H50BF3N2S. The largest absolute Gasteiger partial charge is 0.416 e. The summed E-state index contributed by atoms with van der Waals surface area (Å²) >= 11 is 1.90. The molecule has 354 valence electrons. The zero-order valence-corrected chi connectivity index (χ0v) is 42.3. The maximum atomic E-state index is 14.8. The highest BCUT2D eigenvalue weighted by molar-refractivity contribution is 7.33. The summed E-state index contributed by atoms with van der Waals surface area (Å²) in [5, 5.41) is 1.21. The Bertz CT molecular complexity index is 3870. The molecule has 0 atom stereocenters. The summed E-state index contributed by atoms with van der Waals surface area (Å²) in [6.45, 7) is 12.0. The van der Waals surface area contributed by atoms with Gasteiger partial charge in [-0.15, -0.1) is 11.3 Å². The van der Waals surface area contributed by atoms with Gasteiger partial charge in [0.25, 0.3) is 6.71 Å². The van der Waals surface area contributed by atoms with Crippen LogP contribution in [0.4, 0.5) is 47.3 Å². The van der Waals surface area contributed by atoms with Crippen molar-refractivity contribution < 1.29 is 13.2 Å². The van der Waals surface area contributed by atoms with Crippen molar-refractivity contribution in [2.75, 3.05) is 9.80 Å². The number of benzene rings is 9. The Balaban J connectivity index is 1.07. The van der Waals surface area contributed by atoms with Crippen LogP contribution in [0.25, 0.3) is 43.5 Å². The molecule has 0 saturated carbocycles. The molecule has 0 bridgehead atoms. The highest BCUT2D eigenvalue weighted by atomic mass is 32.1. The smallest absolute Gasteiger partial charge is 0.311 e. The molecule has 2 aliphatic carbocycles. The van der Waals surface area contributed by atoms with Crippen LogP contribution >= 0.6 is 11.3 Å². The SMILES string of the molecule is CC(C)(C)c1cc(C(F)(F)F)cc(C(C)(C)C)c1-c1ccc2c(c1)N(c1ccccc1)c1cccc3c1B2c1sc2cc4c(cc2c1N3c1ccccc1)-c1ccccc1C41c2ccccc2-c2ccccc21. The summed E-state index contributed by atoms with van der Waals surface area (Å²) < 4.78 is 47.0. The lowest BCUT2D eigenvalue weighted by Gasteiger charge is -2.43. The van der Waals surface area contributed by atoms with Gasteiger partial charge in [-0.25, -0.2) is 0 Å². The molecule has 0 saturated heterocycles. The molecule has 73 heavy (non-hydrogen) atoms. The van der Waals surface area contributed by atoms with Crippen LogP contribution in [-0.4, -0.2) is 6.71 Å². The third-order valence-corrected chi connectivity index (χ3v) is 17.3. The quantitative estimate of drug-likeness (QED) is 0.163. The molecule has 0 fully saturated rings. The van der Waals surface area contributed by atoms with E-state index in [4.69, 9.17) is 0 Å². The lowest BCUT2D eigenvalue weighted by molar-refractivity contribution is -0.137. The second-order valence-corrected chi connectivity index (χ2v) is 23.4. The van der Waals surface area contributed by atoms with E-state index in [1.54, 1.807) is 0 Å². The van der Waals surface area contributed by atoms with E-state index >= 15 is 0 Å². The first-order valence-electron chi connectivity index (χ1n) is 25.3. The van der Waals surface area contributed by atoms with Gasteiger partial charge in [0.15, 0.2) is 0 Å². The molecule has 1 aromatic heterocycles. The Labute approximate surface area is 429 Å². The minimum Gasteiger partial charge on any atom is -0.311 e. The van der Waals surface area contributed by atoms with Crippen LogP contribution in [0.1, 0.15) is 80.5 Å². The molecule has 0 unspecified atom stereocenters. The highest BCUT2D eigenvalue weighted by Crippen LogP contribution is 2.64. The molecule has 3 heterocycles. The minimum atomic E-state index is -4.49. The van der Waals surface area contributed by atoms with Gasteiger partial charge in [-0.3, -0.25) is 0 Å². The lowest BCUT2D eigenvalue weighted by atomic mass is 9.36. The Morgan fingerprint density at radius 2 is 0.973 bits per heavy atom. The van der Waals surface area contributed by atoms with Crippen molar-refractivity contribution in [3.8, 4) is 33.4 Å². The van der Waals surface area contributed by atoms with Crippen molar-refractivity contribution in [3.05, 3.63) is 233 Å². The van der Waals surface area contributed by atoms with Gasteiger partial charge < -0.3 is 9.80 Å². The molecule has 0 amide bonds. The summed E-state index contributed by atoms with van der Waals surface area (Å²) in [6, 6.07) is 69.6. The normalized spacial score (nSPS) is 14.7. The van der Waals surface area contributed by atoms with Crippen molar-refractivity contribution in [1.29, 1.82) is 0 Å². The molecular weight excluding hydrogens is 921 g/mol. The molecule has 1 spiro atoms. The third kappa shape index (κ3) is 6.12. The number of hydrogen-bond acceptors (Lipinski definition) is 3. The van der Waals surface area contributed by atoms with E-state index in [0.29, 0.717) is 11.1 Å². The summed E-state index contributed by atoms with van der Waals surface area (Å²) in [7, 11) is 0. The van der Waals surface area contributed by atoms with Gasteiger partial charge in [-0.1, -0.05) is 169 Å². The highest BCUT2D eigenvalue weighted by Gasteiger charge is 2.53. The molecule has 7 heteroatoms. The van der Waals surface area contributed by atoms with Gasteiger partial charge in [0.05, 0.1) is 16.7 Å². The monoisotopic (exact) mass is 970 g/mol. The summed E-state index contributed by atoms with van der Waals surface area (Å²) in [5.74, 6) is 0. The fraction of sp³-hybridized carbons (Fsp3) is 0.152. The van der Waals surface area contributed by atoms with E-state index in [0.717, 1.165) is 45.0 Å². The topological polar surface area (TPSA) is 6.48 Å². The molecule has 14 rings (SSSR count). The number of thiophene rings is 1. The molecule has 10 aromatic rings. The van der Waals surface area contributed by atoms with E-state index in [1.165, 1.54) is 82.7 Å². The predicted octanol–water partition coefficient (Wildman–Crippen LogP) is 16.6. The number of hydrogen-bond donors (Lipinski definition) is 0. The zero-order valence-electron chi connectivity index (χ0n) is 41.5. The second kappa shape index (κ2) is 15.2. The summed E-state index contributed by atoms with van der Waals surface area (Å²) in [4.78, 5) is 4.89. The second-order valence-electron chi connectivity index (χ2n) is 22.3. The third-order valence-electron chi connectivity index (χ3n) is 16.1. The van der Waals surface area contributed by atoms with Gasteiger partial charge in [0.1, 0.15) is 0 Å². The van der Waals surface area contributed by atoms with Gasteiger partial charge in [-0.2, -0.15) is 13.2 Å². The van der Waals surface area contributed by atoms with Crippen molar-refractivity contribution >= 4 is 78.0 Å². The minimum absolute atomic E-state index is 0.150. The van der Waals surface area contributed by atoms with Crippen molar-refractivity contribution in [1.82, 2.24) is 0 Å². The van der Waals surface area contributed by atoms with Crippen LogP contribution in [0.2, 0.25) is 0 Å². The van der Waals surface area contributed by atoms with Crippen molar-refractivity contribution in [2.45, 2.75) is 64.0 Å². The average Bonchev–Trinajstić information content (AvgIpc) is 4.01. The number of nitrogens with zero attached hydrogens (tertiary/aromatic N) is 2.